The minimum atomic E-state index is -1.87. The van der Waals surface area contributed by atoms with Gasteiger partial charge in [-0.1, -0.05) is 59.3 Å². The van der Waals surface area contributed by atoms with E-state index < -0.39 is 8.32 Å². The van der Waals surface area contributed by atoms with Crippen molar-refractivity contribution in [3.63, 3.8) is 0 Å². The molecular formula is C15H31ClO2Si. The second-order valence-electron chi connectivity index (χ2n) is 5.41. The summed E-state index contributed by atoms with van der Waals surface area (Å²) in [6.07, 6.45) is 7.47. The third kappa shape index (κ3) is 8.69. The van der Waals surface area contributed by atoms with Gasteiger partial charge in [0.15, 0.2) is 0 Å². The molecule has 0 saturated carbocycles. The fraction of sp³-hybridized carbons (Fsp3) is 0.933. The Morgan fingerprint density at radius 2 is 1.37 bits per heavy atom. The Morgan fingerprint density at radius 1 is 0.947 bits per heavy atom. The maximum atomic E-state index is 11.9. The van der Waals surface area contributed by atoms with Crippen molar-refractivity contribution in [1.82, 2.24) is 0 Å². The van der Waals surface area contributed by atoms with Crippen LogP contribution in [0, 0.1) is 0 Å². The highest BCUT2D eigenvalue weighted by Gasteiger charge is 2.36. The van der Waals surface area contributed by atoms with Gasteiger partial charge in [0, 0.05) is 5.88 Å². The number of halogens is 1. The summed E-state index contributed by atoms with van der Waals surface area (Å²) in [7, 11) is -1.87. The van der Waals surface area contributed by atoms with Gasteiger partial charge >= 0.3 is 0 Å². The van der Waals surface area contributed by atoms with Gasteiger partial charge in [-0.25, -0.2) is 0 Å². The normalized spacial score (nSPS) is 11.6. The van der Waals surface area contributed by atoms with Gasteiger partial charge in [-0.3, -0.25) is 4.79 Å². The van der Waals surface area contributed by atoms with E-state index in [-0.39, 0.29) is 5.97 Å². The van der Waals surface area contributed by atoms with E-state index in [1.165, 1.54) is 38.5 Å². The maximum absolute atomic E-state index is 11.9. The molecule has 0 aliphatic rings. The minimum absolute atomic E-state index is 0.0648. The average molecular weight is 307 g/mol. The number of carbonyl (C=O) groups excluding carboxylic acids is 1. The zero-order valence-electron chi connectivity index (χ0n) is 13.0. The van der Waals surface area contributed by atoms with Gasteiger partial charge in [0.1, 0.15) is 0 Å². The first-order chi connectivity index (χ1) is 9.14. The molecule has 0 aromatic heterocycles. The Kier molecular flexibility index (Phi) is 11.8. The maximum Gasteiger partial charge on any atom is 0.293 e. The number of carbonyl (C=O) groups is 1. The van der Waals surface area contributed by atoms with Crippen molar-refractivity contribution in [2.45, 2.75) is 83.8 Å². The number of hydrogen-bond donors (Lipinski definition) is 0. The van der Waals surface area contributed by atoms with Gasteiger partial charge < -0.3 is 4.43 Å². The molecule has 19 heavy (non-hydrogen) atoms. The lowest BCUT2D eigenvalue weighted by atomic mass is 10.4. The van der Waals surface area contributed by atoms with Gasteiger partial charge in [-0.05, 0) is 18.1 Å². The van der Waals surface area contributed by atoms with E-state index in [1.807, 2.05) is 0 Å². The number of rotatable bonds is 12. The van der Waals surface area contributed by atoms with Crippen LogP contribution in [0.15, 0.2) is 0 Å². The predicted octanol–water partition coefficient (Wildman–Crippen LogP) is 5.50. The van der Waals surface area contributed by atoms with E-state index >= 15 is 0 Å². The second kappa shape index (κ2) is 11.8. The first-order valence-corrected chi connectivity index (χ1v) is 11.0. The van der Waals surface area contributed by atoms with E-state index in [0.717, 1.165) is 18.1 Å². The van der Waals surface area contributed by atoms with Crippen molar-refractivity contribution in [2.75, 3.05) is 5.88 Å². The number of hydrogen-bond acceptors (Lipinski definition) is 2. The molecule has 0 radical (unpaired) electrons. The van der Waals surface area contributed by atoms with Crippen molar-refractivity contribution in [2.24, 2.45) is 0 Å². The molecule has 0 unspecified atom stereocenters. The third-order valence-electron chi connectivity index (χ3n) is 3.59. The lowest BCUT2D eigenvalue weighted by Gasteiger charge is -2.31. The van der Waals surface area contributed by atoms with Gasteiger partial charge in [0.2, 0.25) is 0 Å². The number of unbranched alkanes of at least 4 members (excludes halogenated alkanes) is 3. The minimum Gasteiger partial charge on any atom is -0.519 e. The molecule has 0 aromatic carbocycles. The molecule has 0 N–H and O–H groups in total. The van der Waals surface area contributed by atoms with Crippen molar-refractivity contribution in [3.05, 3.63) is 0 Å². The molecule has 0 heterocycles. The van der Waals surface area contributed by atoms with Gasteiger partial charge in [-0.2, -0.15) is 0 Å². The Balaban J connectivity index is 4.70. The molecule has 0 aliphatic carbocycles. The summed E-state index contributed by atoms with van der Waals surface area (Å²) in [6.45, 7) is 6.62. The van der Waals surface area contributed by atoms with Crippen LogP contribution in [0.1, 0.15) is 65.7 Å². The zero-order chi connectivity index (χ0) is 14.6. The fourth-order valence-corrected chi connectivity index (χ4v) is 7.18. The Morgan fingerprint density at radius 3 is 1.68 bits per heavy atom. The quantitative estimate of drug-likeness (QED) is 0.351. The summed E-state index contributed by atoms with van der Waals surface area (Å²) >= 11 is 5.65. The largest absolute Gasteiger partial charge is 0.519 e. The third-order valence-corrected chi connectivity index (χ3v) is 8.23. The SMILES string of the molecule is CCCC[Si](CCCC)(CCCC)OC(=O)CCCl. The van der Waals surface area contributed by atoms with E-state index in [4.69, 9.17) is 16.0 Å². The highest BCUT2D eigenvalue weighted by atomic mass is 35.5. The van der Waals surface area contributed by atoms with Crippen LogP contribution in [0.5, 0.6) is 0 Å². The van der Waals surface area contributed by atoms with Crippen LogP contribution in [-0.2, 0) is 9.22 Å². The molecular weight excluding hydrogens is 276 g/mol. The molecule has 0 rings (SSSR count). The lowest BCUT2D eigenvalue weighted by Crippen LogP contribution is -2.40. The van der Waals surface area contributed by atoms with E-state index in [0.29, 0.717) is 12.3 Å². The summed E-state index contributed by atoms with van der Waals surface area (Å²) < 4.78 is 6.00. The van der Waals surface area contributed by atoms with Crippen LogP contribution in [0.4, 0.5) is 0 Å². The van der Waals surface area contributed by atoms with Gasteiger partial charge in [0.25, 0.3) is 14.3 Å². The molecule has 4 heteroatoms. The smallest absolute Gasteiger partial charge is 0.293 e. The zero-order valence-corrected chi connectivity index (χ0v) is 14.7. The van der Waals surface area contributed by atoms with Crippen molar-refractivity contribution in [1.29, 1.82) is 0 Å². The Labute approximate surface area is 125 Å². The summed E-state index contributed by atoms with van der Waals surface area (Å²) in [5, 5.41) is 0. The molecule has 0 amide bonds. The summed E-state index contributed by atoms with van der Waals surface area (Å²) in [4.78, 5) is 11.9. The summed E-state index contributed by atoms with van der Waals surface area (Å²) in [6, 6.07) is 3.41. The first kappa shape index (κ1) is 19.0. The summed E-state index contributed by atoms with van der Waals surface area (Å²) in [5.74, 6) is 0.309. The van der Waals surface area contributed by atoms with Crippen LogP contribution in [0.2, 0.25) is 18.1 Å². The molecule has 2 nitrogen and oxygen atoms in total. The van der Waals surface area contributed by atoms with Crippen LogP contribution in [-0.4, -0.2) is 20.2 Å². The highest BCUT2D eigenvalue weighted by Crippen LogP contribution is 2.30. The van der Waals surface area contributed by atoms with E-state index in [9.17, 15) is 4.79 Å². The van der Waals surface area contributed by atoms with Crippen molar-refractivity contribution < 1.29 is 9.22 Å². The topological polar surface area (TPSA) is 26.3 Å². The van der Waals surface area contributed by atoms with Crippen LogP contribution in [0.25, 0.3) is 0 Å². The van der Waals surface area contributed by atoms with Gasteiger partial charge in [0.05, 0.1) is 6.42 Å². The van der Waals surface area contributed by atoms with Gasteiger partial charge in [-0.15, -0.1) is 11.6 Å². The Hall–Kier alpha value is -0.0231. The van der Waals surface area contributed by atoms with Crippen LogP contribution < -0.4 is 0 Å². The predicted molar refractivity (Wildman–Crippen MR) is 86.3 cm³/mol. The molecule has 0 aromatic rings. The highest BCUT2D eigenvalue weighted by molar-refractivity contribution is 6.75. The lowest BCUT2D eigenvalue weighted by molar-refractivity contribution is -0.134. The standard InChI is InChI=1S/C15H31ClO2Si/c1-4-7-12-19(13-8-5-2,14-9-6-3)18-15(17)10-11-16/h4-14H2,1-3H3. The first-order valence-electron chi connectivity index (χ1n) is 7.92. The second-order valence-corrected chi connectivity index (χ2v) is 9.85. The molecule has 0 spiro atoms. The summed E-state index contributed by atoms with van der Waals surface area (Å²) in [5.41, 5.74) is 0. The monoisotopic (exact) mass is 306 g/mol. The molecule has 0 atom stereocenters. The molecule has 0 bridgehead atoms. The molecule has 0 aliphatic heterocycles. The Bertz CT molecular complexity index is 212. The van der Waals surface area contributed by atoms with Crippen LogP contribution in [0.3, 0.4) is 0 Å². The molecule has 0 fully saturated rings. The fourth-order valence-electron chi connectivity index (χ4n) is 2.39. The average Bonchev–Trinajstić information content (AvgIpc) is 2.40. The van der Waals surface area contributed by atoms with E-state index in [1.54, 1.807) is 0 Å². The van der Waals surface area contributed by atoms with Crippen molar-refractivity contribution >= 4 is 25.9 Å². The number of alkyl halides is 1. The van der Waals surface area contributed by atoms with Crippen molar-refractivity contribution in [3.8, 4) is 0 Å². The molecule has 114 valence electrons. The van der Waals surface area contributed by atoms with E-state index in [2.05, 4.69) is 20.8 Å². The molecule has 0 saturated heterocycles. The van der Waals surface area contributed by atoms with Crippen LogP contribution >= 0.6 is 11.6 Å².